The van der Waals surface area contributed by atoms with Crippen molar-refractivity contribution in [1.29, 1.82) is 0 Å². The molecule has 2 aromatic heterocycles. The van der Waals surface area contributed by atoms with E-state index in [1.54, 1.807) is 50.7 Å². The number of benzene rings is 4. The number of nitrogens with zero attached hydrogens (tertiary/aromatic N) is 4. The van der Waals surface area contributed by atoms with E-state index in [4.69, 9.17) is 9.31 Å². The van der Waals surface area contributed by atoms with Gasteiger partial charge in [-0.05, 0) is 110 Å². The number of carbonyl (C=O) groups excluding carboxylic acids is 6. The molecule has 6 aromatic rings. The van der Waals surface area contributed by atoms with Crippen LogP contribution in [0.4, 0.5) is 0 Å². The summed E-state index contributed by atoms with van der Waals surface area (Å²) in [6.07, 6.45) is 4.72. The van der Waals surface area contributed by atoms with Gasteiger partial charge in [-0.2, -0.15) is 0 Å². The Bertz CT molecular complexity index is 3310. The molecule has 76 heavy (non-hydrogen) atoms. The fourth-order valence-corrected chi connectivity index (χ4v) is 9.78. The molecule has 0 radical (unpaired) electrons. The number of nitrogens with one attached hydrogen (secondary N) is 2. The summed E-state index contributed by atoms with van der Waals surface area (Å²) < 4.78 is 16.3. The minimum atomic E-state index is -0.641. The molecule has 2 atom stereocenters. The molecule has 18 heteroatoms. The molecule has 394 valence electrons. The number of imide groups is 2. The van der Waals surface area contributed by atoms with Crippen molar-refractivity contribution in [3.8, 4) is 11.1 Å². The number of aromatic nitrogens is 2. The largest absolute Gasteiger partial charge is 0.494 e. The molecule has 4 aromatic carbocycles. The van der Waals surface area contributed by atoms with Crippen LogP contribution in [-0.4, -0.2) is 84.8 Å². The first-order chi connectivity index (χ1) is 35.3. The highest BCUT2D eigenvalue weighted by molar-refractivity contribution is 9.10. The summed E-state index contributed by atoms with van der Waals surface area (Å²) in [4.78, 5) is 100. The van der Waals surface area contributed by atoms with E-state index in [2.05, 4.69) is 26.6 Å². The van der Waals surface area contributed by atoms with E-state index < -0.39 is 42.2 Å². The Hall–Kier alpha value is -7.54. The number of carbonyl (C=O) groups is 6. The second-order valence-electron chi connectivity index (χ2n) is 19.8. The van der Waals surface area contributed by atoms with Crippen molar-refractivity contribution in [3.05, 3.63) is 192 Å². The molecule has 3 fully saturated rings. The highest BCUT2D eigenvalue weighted by atomic mass is 79.9. The van der Waals surface area contributed by atoms with Crippen molar-refractivity contribution in [2.75, 3.05) is 0 Å². The topological polar surface area (TPSA) is 195 Å². The lowest BCUT2D eigenvalue weighted by molar-refractivity contribution is -0.138. The van der Waals surface area contributed by atoms with Crippen LogP contribution in [0.15, 0.2) is 148 Å². The summed E-state index contributed by atoms with van der Waals surface area (Å²) in [6, 6.07) is 36.4. The van der Waals surface area contributed by atoms with Crippen LogP contribution in [0.1, 0.15) is 111 Å². The average molecular weight is 1090 g/mol. The minimum Gasteiger partial charge on any atom is -0.399 e. The van der Waals surface area contributed by atoms with Gasteiger partial charge in [0.15, 0.2) is 0 Å². The van der Waals surface area contributed by atoms with Gasteiger partial charge in [0.2, 0.25) is 23.6 Å². The van der Waals surface area contributed by atoms with Crippen LogP contribution in [0.2, 0.25) is 0 Å². The lowest BCUT2D eigenvalue weighted by atomic mass is 9.78. The molecule has 16 nitrogen and oxygen atoms in total. The number of amides is 6. The van der Waals surface area contributed by atoms with Crippen LogP contribution < -0.4 is 27.2 Å². The van der Waals surface area contributed by atoms with Crippen LogP contribution in [0.25, 0.3) is 11.1 Å². The van der Waals surface area contributed by atoms with E-state index in [0.717, 1.165) is 43.3 Å². The maximum Gasteiger partial charge on any atom is 0.494 e. The SMILES string of the molecule is C.C.CC1(C)OB(c2ccc3c(c2)CN(C2CCC(=O)NC2=O)C3=O)OC1(C)C.O=C1CCC(N2Cc3cc(-c4ccn(Cc5ccccc5)c(=O)c4)ccc3C2=O)C(=O)N1.O=c1cc(Br)ccn1Cc1ccccc1. The molecule has 2 N–H and O–H groups in total. The van der Waals surface area contributed by atoms with Gasteiger partial charge in [-0.3, -0.25) is 49.0 Å². The third-order valence-corrected chi connectivity index (χ3v) is 14.8. The molecule has 5 aliphatic heterocycles. The van der Waals surface area contributed by atoms with Gasteiger partial charge in [-0.15, -0.1) is 0 Å². The normalized spacial score (nSPS) is 18.9. The molecule has 0 spiro atoms. The zero-order valence-corrected chi connectivity index (χ0v) is 42.9. The number of rotatable bonds is 8. The zero-order chi connectivity index (χ0) is 52.5. The average Bonchev–Trinajstić information content (AvgIpc) is 3.95. The summed E-state index contributed by atoms with van der Waals surface area (Å²) >= 11 is 3.27. The van der Waals surface area contributed by atoms with E-state index in [1.807, 2.05) is 125 Å². The van der Waals surface area contributed by atoms with Gasteiger partial charge in [0.25, 0.3) is 22.9 Å². The number of hydrogen-bond acceptors (Lipinski definition) is 10. The van der Waals surface area contributed by atoms with Crippen molar-refractivity contribution in [2.45, 2.75) is 118 Å². The van der Waals surface area contributed by atoms with Crippen molar-refractivity contribution >= 4 is 64.0 Å². The lowest BCUT2D eigenvalue weighted by Crippen LogP contribution is -2.52. The van der Waals surface area contributed by atoms with Crippen LogP contribution >= 0.6 is 15.9 Å². The Labute approximate surface area is 450 Å². The molecular formula is C58H62BBrN6O10. The van der Waals surface area contributed by atoms with E-state index in [-0.39, 0.29) is 62.4 Å². The molecule has 7 heterocycles. The van der Waals surface area contributed by atoms with E-state index in [9.17, 15) is 38.4 Å². The molecule has 0 saturated carbocycles. The van der Waals surface area contributed by atoms with Gasteiger partial charge in [-0.25, -0.2) is 0 Å². The lowest BCUT2D eigenvalue weighted by Gasteiger charge is -2.32. The Morgan fingerprint density at radius 2 is 1.00 bits per heavy atom. The van der Waals surface area contributed by atoms with Crippen molar-refractivity contribution in [3.63, 3.8) is 0 Å². The van der Waals surface area contributed by atoms with Crippen LogP contribution in [0.5, 0.6) is 0 Å². The fraction of sp³-hybridized carbons (Fsp3) is 0.310. The molecular weight excluding hydrogens is 1030 g/mol. The van der Waals surface area contributed by atoms with Gasteiger partial charge >= 0.3 is 7.12 Å². The first kappa shape index (κ1) is 56.2. The van der Waals surface area contributed by atoms with Gasteiger partial charge in [0, 0.05) is 66.1 Å². The van der Waals surface area contributed by atoms with Crippen LogP contribution in [-0.2, 0) is 54.7 Å². The smallest absolute Gasteiger partial charge is 0.399 e. The Kier molecular flexibility index (Phi) is 17.1. The molecule has 2 unspecified atom stereocenters. The Morgan fingerprint density at radius 1 is 0.553 bits per heavy atom. The number of halogens is 1. The van der Waals surface area contributed by atoms with Crippen molar-refractivity contribution in [1.82, 2.24) is 29.6 Å². The van der Waals surface area contributed by atoms with Crippen molar-refractivity contribution < 1.29 is 38.1 Å². The van der Waals surface area contributed by atoms with Gasteiger partial charge in [0.1, 0.15) is 12.1 Å². The maximum absolute atomic E-state index is 12.9. The van der Waals surface area contributed by atoms with E-state index >= 15 is 0 Å². The third kappa shape index (κ3) is 12.1. The van der Waals surface area contributed by atoms with E-state index in [0.29, 0.717) is 50.1 Å². The summed E-state index contributed by atoms with van der Waals surface area (Å²) in [5.41, 5.74) is 6.45. The molecule has 6 amide bonds. The number of fused-ring (bicyclic) bond motifs is 2. The number of pyridine rings is 2. The summed E-state index contributed by atoms with van der Waals surface area (Å²) in [5, 5.41) is 4.63. The molecule has 5 aliphatic rings. The first-order valence-corrected chi connectivity index (χ1v) is 25.2. The molecule has 0 aliphatic carbocycles. The van der Waals surface area contributed by atoms with Crippen molar-refractivity contribution in [2.24, 2.45) is 0 Å². The zero-order valence-electron chi connectivity index (χ0n) is 41.3. The Balaban J connectivity index is 0.000000174. The fourth-order valence-electron chi connectivity index (χ4n) is 9.47. The van der Waals surface area contributed by atoms with Gasteiger partial charge in [-0.1, -0.05) is 110 Å². The molecule has 3 saturated heterocycles. The predicted octanol–water partition coefficient (Wildman–Crippen LogP) is 7.00. The molecule has 11 rings (SSSR count). The summed E-state index contributed by atoms with van der Waals surface area (Å²) in [6.45, 7) is 9.74. The quantitative estimate of drug-likeness (QED) is 0.118. The van der Waals surface area contributed by atoms with Gasteiger partial charge < -0.3 is 28.2 Å². The van der Waals surface area contributed by atoms with Gasteiger partial charge in [0.05, 0.1) is 24.3 Å². The Morgan fingerprint density at radius 3 is 1.47 bits per heavy atom. The third-order valence-electron chi connectivity index (χ3n) is 14.3. The maximum atomic E-state index is 12.9. The number of piperidine rings is 2. The summed E-state index contributed by atoms with van der Waals surface area (Å²) in [5.74, 6) is -1.81. The van der Waals surface area contributed by atoms with Crippen LogP contribution in [0, 0.1) is 0 Å². The number of hydrogen-bond donors (Lipinski definition) is 2. The second kappa shape index (κ2) is 23.1. The highest BCUT2D eigenvalue weighted by Gasteiger charge is 2.52. The second-order valence-corrected chi connectivity index (χ2v) is 20.8. The molecule has 0 bridgehead atoms. The monoisotopic (exact) mass is 1090 g/mol. The predicted molar refractivity (Wildman–Crippen MR) is 293 cm³/mol. The first-order valence-electron chi connectivity index (χ1n) is 24.4. The minimum absolute atomic E-state index is 0. The standard InChI is InChI=1S/C25H21N3O4.C19H23BN2O5.C12H10BrNO.2CH4/c29-22-9-8-21(24(31)26-22)28-15-19-12-17(6-7-20(19)25(28)32)18-10-11-27(23(30)13-18)14-16-4-2-1-3-5-16;1-18(2)19(3,4)27-20(26-18)12-5-6-13-11(9-12)10-22(17(13)25)14-7-8-15(23)21-16(14)24;13-11-6-7-14(12(15)8-11)9-10-4-2-1-3-5-10;;/h1-7,10-13,21H,8-9,14-15H2,(H,26,29,31);5-6,9,14H,7-8,10H2,1-4H3,(H,21,23,24);1-8H,9H2;2*1H4. The highest BCUT2D eigenvalue weighted by Crippen LogP contribution is 2.37. The van der Waals surface area contributed by atoms with Crippen LogP contribution in [0.3, 0.4) is 0 Å². The van der Waals surface area contributed by atoms with E-state index in [1.165, 1.54) is 4.90 Å². The summed E-state index contributed by atoms with van der Waals surface area (Å²) in [7, 11) is -0.500.